The van der Waals surface area contributed by atoms with Crippen molar-refractivity contribution in [1.29, 1.82) is 0 Å². The van der Waals surface area contributed by atoms with Gasteiger partial charge < -0.3 is 0 Å². The monoisotopic (exact) mass is 383 g/mol. The number of nitrogens with one attached hydrogen (secondary N) is 1. The Morgan fingerprint density at radius 1 is 1.08 bits per heavy atom. The lowest BCUT2D eigenvalue weighted by atomic mass is 9.47. The van der Waals surface area contributed by atoms with Crippen LogP contribution < -0.4 is 4.72 Å². The molecule has 1 atom stereocenters. The zero-order valence-electron chi connectivity index (χ0n) is 15.2. The molecule has 26 heavy (non-hydrogen) atoms. The first kappa shape index (κ1) is 18.4. The number of rotatable bonds is 6. The van der Waals surface area contributed by atoms with Gasteiger partial charge in [-0.3, -0.25) is 0 Å². The van der Waals surface area contributed by atoms with Crippen LogP contribution in [0.15, 0.2) is 23.1 Å². The molecule has 4 aliphatic rings. The standard InChI is InChI=1S/C20H27F2NO2S/c1-2-3-19(20-10-13-6-14(11-20)8-15(7-13)12-20)23-26(24,25)16-4-5-17(21)18(22)9-16/h4-5,9,13-15,19,23H,2-3,6-8,10-12H2,1H3. The van der Waals surface area contributed by atoms with Crippen LogP contribution in [-0.4, -0.2) is 14.5 Å². The first-order chi connectivity index (χ1) is 12.3. The van der Waals surface area contributed by atoms with Gasteiger partial charge in [-0.1, -0.05) is 13.3 Å². The summed E-state index contributed by atoms with van der Waals surface area (Å²) in [6.07, 6.45) is 8.88. The molecule has 0 aliphatic heterocycles. The van der Waals surface area contributed by atoms with E-state index in [1.54, 1.807) is 0 Å². The summed E-state index contributed by atoms with van der Waals surface area (Å²) in [7, 11) is -3.87. The van der Waals surface area contributed by atoms with Crippen LogP contribution in [0.25, 0.3) is 0 Å². The van der Waals surface area contributed by atoms with Gasteiger partial charge in [0.05, 0.1) is 4.90 Å². The number of halogens is 2. The normalized spacial score (nSPS) is 34.2. The van der Waals surface area contributed by atoms with Crippen molar-refractivity contribution < 1.29 is 17.2 Å². The smallest absolute Gasteiger partial charge is 0.208 e. The van der Waals surface area contributed by atoms with Gasteiger partial charge in [0.25, 0.3) is 0 Å². The van der Waals surface area contributed by atoms with Crippen LogP contribution in [-0.2, 0) is 10.0 Å². The van der Waals surface area contributed by atoms with Crippen LogP contribution in [0.2, 0.25) is 0 Å². The quantitative estimate of drug-likeness (QED) is 0.779. The minimum Gasteiger partial charge on any atom is -0.208 e. The van der Waals surface area contributed by atoms with E-state index >= 15 is 0 Å². The molecule has 0 aromatic heterocycles. The second-order valence-electron chi connectivity index (χ2n) is 8.82. The molecular formula is C20H27F2NO2S. The van der Waals surface area contributed by atoms with Crippen LogP contribution in [0.5, 0.6) is 0 Å². The molecule has 144 valence electrons. The molecule has 1 aromatic carbocycles. The molecule has 4 aliphatic carbocycles. The lowest BCUT2D eigenvalue weighted by Gasteiger charge is -2.59. The van der Waals surface area contributed by atoms with E-state index in [4.69, 9.17) is 0 Å². The Kier molecular flexibility index (Phi) is 4.63. The minimum absolute atomic E-state index is 0.0381. The molecule has 1 unspecified atom stereocenters. The summed E-state index contributed by atoms with van der Waals surface area (Å²) in [5, 5.41) is 0. The van der Waals surface area contributed by atoms with Crippen LogP contribution in [0.3, 0.4) is 0 Å². The fourth-order valence-corrected chi connectivity index (χ4v) is 7.67. The third-order valence-electron chi connectivity index (χ3n) is 6.90. The Labute approximate surface area is 154 Å². The molecule has 4 bridgehead atoms. The molecule has 1 aromatic rings. The molecule has 6 heteroatoms. The predicted molar refractivity (Wildman–Crippen MR) is 96.0 cm³/mol. The topological polar surface area (TPSA) is 46.2 Å². The summed E-state index contributed by atoms with van der Waals surface area (Å²) in [5.41, 5.74) is 0.0381. The highest BCUT2D eigenvalue weighted by atomic mass is 32.2. The zero-order valence-corrected chi connectivity index (χ0v) is 16.0. The SMILES string of the molecule is CCCC(NS(=O)(=O)c1ccc(F)c(F)c1)C12CC3CC(CC(C3)C1)C2. The van der Waals surface area contributed by atoms with Crippen molar-refractivity contribution in [1.82, 2.24) is 4.72 Å². The number of hydrogen-bond donors (Lipinski definition) is 1. The van der Waals surface area contributed by atoms with Gasteiger partial charge >= 0.3 is 0 Å². The van der Waals surface area contributed by atoms with Crippen molar-refractivity contribution in [3.05, 3.63) is 29.8 Å². The molecule has 5 rings (SSSR count). The summed E-state index contributed by atoms with van der Waals surface area (Å²) in [4.78, 5) is -0.192. The van der Waals surface area contributed by atoms with E-state index in [0.29, 0.717) is 0 Å². The van der Waals surface area contributed by atoms with E-state index in [2.05, 4.69) is 11.6 Å². The van der Waals surface area contributed by atoms with Gasteiger partial charge in [-0.05, 0) is 86.3 Å². The average Bonchev–Trinajstić information content (AvgIpc) is 2.55. The van der Waals surface area contributed by atoms with E-state index in [9.17, 15) is 17.2 Å². The second-order valence-corrected chi connectivity index (χ2v) is 10.5. The Morgan fingerprint density at radius 2 is 1.65 bits per heavy atom. The Balaban J connectivity index is 1.62. The summed E-state index contributed by atoms with van der Waals surface area (Å²) >= 11 is 0. The van der Waals surface area contributed by atoms with Crippen LogP contribution in [0.4, 0.5) is 8.78 Å². The van der Waals surface area contributed by atoms with E-state index in [-0.39, 0.29) is 16.4 Å². The molecule has 4 fully saturated rings. The maximum atomic E-state index is 13.5. The van der Waals surface area contributed by atoms with Crippen molar-refractivity contribution >= 4 is 10.0 Å². The first-order valence-electron chi connectivity index (χ1n) is 9.79. The van der Waals surface area contributed by atoms with E-state index in [0.717, 1.165) is 68.1 Å². The fourth-order valence-electron chi connectivity index (χ4n) is 6.28. The molecule has 3 nitrogen and oxygen atoms in total. The zero-order chi connectivity index (χ0) is 18.5. The van der Waals surface area contributed by atoms with Gasteiger partial charge in [0.2, 0.25) is 10.0 Å². The van der Waals surface area contributed by atoms with Gasteiger partial charge in [-0.15, -0.1) is 0 Å². The molecule has 1 N–H and O–H groups in total. The number of hydrogen-bond acceptors (Lipinski definition) is 2. The summed E-state index contributed by atoms with van der Waals surface area (Å²) in [5.74, 6) is 0.0278. The van der Waals surface area contributed by atoms with Crippen molar-refractivity contribution in [2.45, 2.75) is 69.2 Å². The van der Waals surface area contributed by atoms with Gasteiger partial charge in [0.15, 0.2) is 11.6 Å². The van der Waals surface area contributed by atoms with Crippen molar-refractivity contribution in [3.63, 3.8) is 0 Å². The highest BCUT2D eigenvalue weighted by Gasteiger charge is 2.54. The molecule has 0 spiro atoms. The molecular weight excluding hydrogens is 356 g/mol. The van der Waals surface area contributed by atoms with Gasteiger partial charge in [-0.2, -0.15) is 0 Å². The summed E-state index contributed by atoms with van der Waals surface area (Å²) in [6, 6.07) is 2.67. The third-order valence-corrected chi connectivity index (χ3v) is 8.37. The average molecular weight is 384 g/mol. The third kappa shape index (κ3) is 3.19. The Bertz CT molecular complexity index is 758. The maximum absolute atomic E-state index is 13.5. The molecule has 0 radical (unpaired) electrons. The molecule has 0 saturated heterocycles. The highest BCUT2D eigenvalue weighted by Crippen LogP contribution is 2.61. The minimum atomic E-state index is -3.87. The van der Waals surface area contributed by atoms with Gasteiger partial charge in [-0.25, -0.2) is 21.9 Å². The lowest BCUT2D eigenvalue weighted by molar-refractivity contribution is -0.0712. The Morgan fingerprint density at radius 3 is 2.15 bits per heavy atom. The largest absolute Gasteiger partial charge is 0.240 e. The highest BCUT2D eigenvalue weighted by molar-refractivity contribution is 7.89. The molecule has 0 amide bonds. The van der Waals surface area contributed by atoms with Crippen LogP contribution in [0, 0.1) is 34.8 Å². The summed E-state index contributed by atoms with van der Waals surface area (Å²) < 4.78 is 55.4. The second kappa shape index (κ2) is 6.55. The van der Waals surface area contributed by atoms with Crippen LogP contribution >= 0.6 is 0 Å². The van der Waals surface area contributed by atoms with E-state index < -0.39 is 21.7 Å². The fraction of sp³-hybridized carbons (Fsp3) is 0.700. The first-order valence-corrected chi connectivity index (χ1v) is 11.3. The van der Waals surface area contributed by atoms with Gasteiger partial charge in [0, 0.05) is 6.04 Å². The van der Waals surface area contributed by atoms with Crippen molar-refractivity contribution in [2.75, 3.05) is 0 Å². The Hall–Kier alpha value is -1.01. The molecule has 0 heterocycles. The number of benzene rings is 1. The predicted octanol–water partition coefficient (Wildman–Crippen LogP) is 4.63. The van der Waals surface area contributed by atoms with Crippen LogP contribution in [0.1, 0.15) is 58.3 Å². The van der Waals surface area contributed by atoms with E-state index in [1.165, 1.54) is 19.3 Å². The maximum Gasteiger partial charge on any atom is 0.240 e. The van der Waals surface area contributed by atoms with Crippen molar-refractivity contribution in [2.24, 2.45) is 23.2 Å². The van der Waals surface area contributed by atoms with Crippen molar-refractivity contribution in [3.8, 4) is 0 Å². The summed E-state index contributed by atoms with van der Waals surface area (Å²) in [6.45, 7) is 2.07. The van der Waals surface area contributed by atoms with E-state index in [1.807, 2.05) is 0 Å². The number of sulfonamides is 1. The van der Waals surface area contributed by atoms with Gasteiger partial charge in [0.1, 0.15) is 0 Å². The molecule has 4 saturated carbocycles. The lowest BCUT2D eigenvalue weighted by Crippen LogP contribution is -2.56.